The molecule has 9 rings (SSSR count). The number of nitrogens with one attached hydrogen (secondary N) is 3. The lowest BCUT2D eigenvalue weighted by Crippen LogP contribution is -2.55. The van der Waals surface area contributed by atoms with Gasteiger partial charge in [0, 0.05) is 33.8 Å². The van der Waals surface area contributed by atoms with Gasteiger partial charge in [0.05, 0.1) is 93.2 Å². The van der Waals surface area contributed by atoms with Crippen LogP contribution in [-0.2, 0) is 41.0 Å². The number of carbonyl (C=O) groups is 6. The average Bonchev–Trinajstić information content (AvgIpc) is 1.70. The number of hydrogen-bond donors (Lipinski definition) is 10. The summed E-state index contributed by atoms with van der Waals surface area (Å²) in [4.78, 5) is 83.2. The molecule has 2 amide bonds. The number of anilines is 4. The molecule has 0 spiro atoms. The maximum absolute atomic E-state index is 12.8. The largest absolute Gasteiger partial charge is 0.480 e. The van der Waals surface area contributed by atoms with Crippen molar-refractivity contribution < 1.29 is 104 Å². The van der Waals surface area contributed by atoms with Gasteiger partial charge in [0.2, 0.25) is 0 Å². The molecule has 3 aliphatic rings. The van der Waals surface area contributed by atoms with Crippen LogP contribution in [0.15, 0.2) is 78.9 Å². The van der Waals surface area contributed by atoms with E-state index in [4.69, 9.17) is 77.6 Å². The van der Waals surface area contributed by atoms with Crippen molar-refractivity contribution in [3.63, 3.8) is 0 Å². The number of alkyl halides is 6. The van der Waals surface area contributed by atoms with Crippen molar-refractivity contribution in [3.05, 3.63) is 208 Å². The highest BCUT2D eigenvalue weighted by Gasteiger charge is 2.40. The number of halogens is 8. The highest BCUT2D eigenvalue weighted by molar-refractivity contribution is 6.01. The van der Waals surface area contributed by atoms with Crippen molar-refractivity contribution in [1.82, 2.24) is 5.32 Å². The van der Waals surface area contributed by atoms with Gasteiger partial charge in [-0.15, -0.1) is 0 Å². The Morgan fingerprint density at radius 2 is 0.983 bits per heavy atom. The van der Waals surface area contributed by atoms with Crippen LogP contribution < -0.4 is 31.5 Å². The topological polar surface area (TPSA) is 376 Å². The van der Waals surface area contributed by atoms with E-state index in [1.54, 1.807) is 48.5 Å². The summed E-state index contributed by atoms with van der Waals surface area (Å²) in [6.45, 7) is 54.8. The van der Waals surface area contributed by atoms with Crippen molar-refractivity contribution in [2.24, 2.45) is 5.73 Å². The van der Waals surface area contributed by atoms with E-state index < -0.39 is 113 Å². The van der Waals surface area contributed by atoms with Gasteiger partial charge in [-0.3, -0.25) is 24.2 Å². The van der Waals surface area contributed by atoms with Crippen LogP contribution in [0.1, 0.15) is 133 Å². The number of carboxylic acids is 2. The minimum absolute atomic E-state index is 0.0806. The van der Waals surface area contributed by atoms with E-state index in [-0.39, 0.29) is 44.0 Å². The van der Waals surface area contributed by atoms with E-state index in [1.807, 2.05) is 55.4 Å². The number of ether oxygens (including phenoxy) is 2. The van der Waals surface area contributed by atoms with Gasteiger partial charge < -0.3 is 61.8 Å². The summed E-state index contributed by atoms with van der Waals surface area (Å²) in [5.74, 6) is -4.49. The van der Waals surface area contributed by atoms with Crippen molar-refractivity contribution >= 4 is 81.2 Å². The number of hydrogen-bond acceptors (Lipinski definition) is 18. The lowest BCUT2D eigenvalue weighted by molar-refractivity contribution is -0.140. The molecule has 3 saturated heterocycles. The Morgan fingerprint density at radius 1 is 0.574 bits per heavy atom. The maximum atomic E-state index is 12.8. The van der Waals surface area contributed by atoms with E-state index >= 15 is 0 Å². The molecule has 26 nitrogen and oxygen atoms in total. The molecule has 3 fully saturated rings. The Bertz CT molecular complexity index is 4660. The fourth-order valence-electron chi connectivity index (χ4n) is 11.3. The van der Waals surface area contributed by atoms with Gasteiger partial charge in [0.25, 0.3) is 0 Å². The molecule has 3 heterocycles. The molecule has 5 atom stereocenters. The van der Waals surface area contributed by atoms with E-state index in [0.717, 1.165) is 81.4 Å². The van der Waals surface area contributed by atoms with Crippen LogP contribution in [0.4, 0.5) is 90.2 Å². The number of amides is 2. The molecule has 0 unspecified atom stereocenters. The predicted octanol–water partition coefficient (Wildman–Crippen LogP) is 15.3. The standard InChI is InChI=1S/C14H14N2O3.C13H14N2O3.C13H16N2O2.C12H14N2O3.C9H5F4N.C9H19N.C8H3F4N.C3H7NO3/c1-8-9(2)12(6-5-11(8)15-4)16-13(10(3)17)7-19-14(16)18;1-8-9(2)12(5-4-11(8)14-3)15-10(6-16)7-18-13(15)17;1-8-9(2)12(6-5-11(8)14-4)15-13(7-16)10(3)17;1-7-8(2)10(5-4-9(7)13-3)14-11(6-15)12(16)17;1-5-7(10)3-2-6(4-14)8(5)9(11,12)13;1-8(2)6-5-7-9(3,4)10-8;9-6-2-1-5(4-13)7(3-6)8(10,11)12;4-2(1-5)3(6)7/h5-6,13H,7H2,1-3H3;4-5,10,16H,6-7H2,1-2H3;5-6,13,15-16H,7H2,1-3H3;4-5,11,14-15H,6H2,1-2H3,(H,16,17);2-3H,1H3;10H,5-7H2,1-4H3;1-3H;2,5H,1,4H2,(H,6,7)/t13-;10-;13-;11-;;;;2-/m1011...1/s1. The fraction of sp³-hybridized carbons (Fsp3) is 0.407. The molecule has 0 aliphatic carbocycles. The molecule has 616 valence electrons. The summed E-state index contributed by atoms with van der Waals surface area (Å²) in [5, 5.41) is 78.1. The lowest BCUT2D eigenvalue weighted by atomic mass is 9.83. The molecular weight excluding hydrogens is 1520 g/mol. The minimum Gasteiger partial charge on any atom is -0.480 e. The number of aliphatic hydroxyl groups excluding tert-OH is 4. The first kappa shape index (κ1) is 99.0. The van der Waals surface area contributed by atoms with Crippen LogP contribution >= 0.6 is 0 Å². The minimum atomic E-state index is -4.70. The highest BCUT2D eigenvalue weighted by atomic mass is 19.4. The summed E-state index contributed by atoms with van der Waals surface area (Å²) in [7, 11) is 0. The molecule has 11 N–H and O–H groups in total. The third-order valence-electron chi connectivity index (χ3n) is 18.3. The Kier molecular flexibility index (Phi) is 38.2. The number of nitrogens with two attached hydrogens (primary N) is 1. The van der Waals surface area contributed by atoms with Crippen LogP contribution in [0, 0.1) is 123 Å². The van der Waals surface area contributed by atoms with Crippen molar-refractivity contribution in [2.75, 3.05) is 60.1 Å². The molecule has 6 aromatic rings. The number of piperidine rings is 1. The van der Waals surface area contributed by atoms with Gasteiger partial charge in [-0.05, 0) is 228 Å². The molecule has 0 radical (unpaired) electrons. The number of carbonyl (C=O) groups excluding carboxylic acids is 4. The zero-order valence-electron chi connectivity index (χ0n) is 65.9. The molecule has 0 aromatic heterocycles. The molecular formula is C81H92F8N12O14. The van der Waals surface area contributed by atoms with Crippen LogP contribution in [0.2, 0.25) is 0 Å². The van der Waals surface area contributed by atoms with Crippen molar-refractivity contribution in [3.8, 4) is 12.1 Å². The molecule has 0 bridgehead atoms. The molecule has 34 heteroatoms. The third-order valence-corrected chi connectivity index (χ3v) is 18.3. The second kappa shape index (κ2) is 44.4. The van der Waals surface area contributed by atoms with Crippen LogP contribution in [0.3, 0.4) is 0 Å². The van der Waals surface area contributed by atoms with Gasteiger partial charge >= 0.3 is 36.5 Å². The number of rotatable bonds is 14. The first-order valence-electron chi connectivity index (χ1n) is 34.8. The summed E-state index contributed by atoms with van der Waals surface area (Å²) < 4.78 is 108. The van der Waals surface area contributed by atoms with Gasteiger partial charge in [-0.2, -0.15) is 36.9 Å². The number of ketones is 2. The number of cyclic esters (lactones) is 2. The molecule has 0 saturated carbocycles. The smallest absolute Gasteiger partial charge is 0.418 e. The Hall–Kier alpha value is -12.1. The second-order valence-corrected chi connectivity index (χ2v) is 27.4. The Balaban J connectivity index is 0.000000452. The van der Waals surface area contributed by atoms with Crippen LogP contribution in [0.25, 0.3) is 19.4 Å². The monoisotopic (exact) mass is 1610 g/mol. The summed E-state index contributed by atoms with van der Waals surface area (Å²) in [6.07, 6.45) is -6.35. The average molecular weight is 1610 g/mol. The van der Waals surface area contributed by atoms with Gasteiger partial charge in [0.15, 0.2) is 34.3 Å². The summed E-state index contributed by atoms with van der Waals surface area (Å²) in [6, 6.07) is 16.2. The number of benzene rings is 6. The maximum Gasteiger partial charge on any atom is 0.418 e. The Labute approximate surface area is 661 Å². The van der Waals surface area contributed by atoms with Crippen LogP contribution in [0.5, 0.6) is 0 Å². The van der Waals surface area contributed by atoms with Gasteiger partial charge in [-0.1, -0.05) is 24.3 Å². The predicted molar refractivity (Wildman–Crippen MR) is 414 cm³/mol. The number of nitrogens with zero attached hydrogens (tertiary/aromatic N) is 8. The van der Waals surface area contributed by atoms with Gasteiger partial charge in [0.1, 0.15) is 49.0 Å². The number of carboxylic acid groups (broad SMARTS) is 2. The van der Waals surface area contributed by atoms with E-state index in [9.17, 15) is 69.0 Å². The highest BCUT2D eigenvalue weighted by Crippen LogP contribution is 2.39. The second-order valence-electron chi connectivity index (χ2n) is 27.4. The zero-order valence-corrected chi connectivity index (χ0v) is 65.9. The first-order valence-corrected chi connectivity index (χ1v) is 34.8. The Morgan fingerprint density at radius 3 is 1.33 bits per heavy atom. The molecule has 6 aromatic carbocycles. The third kappa shape index (κ3) is 28.2. The van der Waals surface area contributed by atoms with E-state index in [1.165, 1.54) is 55.0 Å². The zero-order chi connectivity index (χ0) is 88.1. The lowest BCUT2D eigenvalue weighted by Gasteiger charge is -2.42. The summed E-state index contributed by atoms with van der Waals surface area (Å²) >= 11 is 0. The summed E-state index contributed by atoms with van der Waals surface area (Å²) in [5.41, 5.74) is 13.2. The van der Waals surface area contributed by atoms with Crippen LogP contribution in [-0.4, -0.2) is 147 Å². The number of aliphatic hydroxyl groups is 4. The fourth-order valence-corrected chi connectivity index (χ4v) is 11.3. The van der Waals surface area contributed by atoms with E-state index in [0.29, 0.717) is 57.0 Å². The SMILES string of the molecule is CC1(C)CCCC(C)(C)N1.Cc1c(F)ccc(C#N)c1C(F)(F)F.N#Cc1ccc(F)cc1C(F)(F)F.N[C@H](CO)C(=O)O.[C-]#[N+]c1ccc(N2C(=O)OC[C@@H]2C(C)=O)c(C)c1C.[C-]#[N+]c1ccc(N2C(=O)OC[C@@H]2CO)c(C)c1C.[C-]#[N+]c1ccc(N[C@H](CO)C(=O)O)c(C)c1C.[C-]#[N+]c1ccc(N[C@H](CO)C(C)=O)c(C)c1C. The van der Waals surface area contributed by atoms with Gasteiger partial charge in [-0.25, -0.2) is 42.5 Å². The van der Waals surface area contributed by atoms with Crippen molar-refractivity contribution in [2.45, 2.75) is 177 Å². The molecule has 3 aliphatic heterocycles. The normalized spacial score (nSPS) is 15.4. The van der Waals surface area contributed by atoms with E-state index in [2.05, 4.69) is 63.0 Å². The number of aliphatic carboxylic acids is 2. The molecule has 115 heavy (non-hydrogen) atoms. The number of Topliss-reactive ketones (excluding diaryl/α,β-unsaturated/α-hetero) is 2. The quantitative estimate of drug-likeness (QED) is 0.0358. The van der Waals surface area contributed by atoms with Crippen molar-refractivity contribution in [1.29, 1.82) is 10.5 Å². The number of nitriles is 2. The first-order chi connectivity index (χ1) is 53.5.